The van der Waals surface area contributed by atoms with Crippen molar-refractivity contribution in [2.45, 2.75) is 50.5 Å². The third-order valence-electron chi connectivity index (χ3n) is 4.56. The zero-order chi connectivity index (χ0) is 20.0. The second-order valence-corrected chi connectivity index (χ2v) is 8.92. The van der Waals surface area contributed by atoms with E-state index in [9.17, 15) is 18.0 Å². The number of ketones is 1. The maximum atomic E-state index is 13.3. The molecule has 1 heterocycles. The fourth-order valence-corrected chi connectivity index (χ4v) is 4.69. The van der Waals surface area contributed by atoms with Gasteiger partial charge in [-0.15, -0.1) is 0 Å². The highest BCUT2D eigenvalue weighted by Crippen LogP contribution is 2.26. The number of nitrogens with one attached hydrogen (secondary N) is 1. The lowest BCUT2D eigenvalue weighted by atomic mass is 10.1. The minimum Gasteiger partial charge on any atom is -0.497 e. The molecular weight excluding hydrogens is 368 g/mol. The van der Waals surface area contributed by atoms with Gasteiger partial charge in [0.2, 0.25) is 5.91 Å². The van der Waals surface area contributed by atoms with Gasteiger partial charge in [-0.2, -0.15) is 0 Å². The fourth-order valence-electron chi connectivity index (χ4n) is 3.03. The summed E-state index contributed by atoms with van der Waals surface area (Å²) < 4.78 is 32.6. The van der Waals surface area contributed by atoms with E-state index in [0.717, 1.165) is 4.31 Å². The van der Waals surface area contributed by atoms with E-state index in [1.54, 1.807) is 12.1 Å². The van der Waals surface area contributed by atoms with Crippen LogP contribution in [0.1, 0.15) is 39.5 Å². The molecule has 1 N–H and O–H groups in total. The van der Waals surface area contributed by atoms with Crippen molar-refractivity contribution in [2.75, 3.05) is 20.2 Å². The van der Waals surface area contributed by atoms with E-state index in [2.05, 4.69) is 5.32 Å². The van der Waals surface area contributed by atoms with E-state index < -0.39 is 22.0 Å². The predicted molar refractivity (Wildman–Crippen MR) is 102 cm³/mol. The second kappa shape index (κ2) is 9.32. The van der Waals surface area contributed by atoms with Crippen molar-refractivity contribution in [1.29, 1.82) is 0 Å². The van der Waals surface area contributed by atoms with Crippen LogP contribution < -0.4 is 10.1 Å². The first-order valence-corrected chi connectivity index (χ1v) is 10.7. The van der Waals surface area contributed by atoms with Crippen LogP contribution in [0.4, 0.5) is 0 Å². The van der Waals surface area contributed by atoms with Crippen molar-refractivity contribution in [3.05, 3.63) is 24.3 Å². The number of amides is 1. The van der Waals surface area contributed by atoms with Gasteiger partial charge in [-0.25, -0.2) is 12.7 Å². The Morgan fingerprint density at radius 3 is 2.78 bits per heavy atom. The fraction of sp³-hybridized carbons (Fsp3) is 0.579. The summed E-state index contributed by atoms with van der Waals surface area (Å²) in [5.74, 6) is -0.190. The van der Waals surface area contributed by atoms with Crippen LogP contribution in [0.25, 0.3) is 0 Å². The minimum absolute atomic E-state index is 0.0512. The van der Waals surface area contributed by atoms with Crippen molar-refractivity contribution < 1.29 is 22.7 Å². The molecule has 1 amide bonds. The van der Waals surface area contributed by atoms with Crippen LogP contribution in [-0.2, 0) is 19.6 Å². The van der Waals surface area contributed by atoms with Gasteiger partial charge in [0.05, 0.1) is 18.6 Å². The van der Waals surface area contributed by atoms with Gasteiger partial charge >= 0.3 is 0 Å². The zero-order valence-corrected chi connectivity index (χ0v) is 16.9. The van der Waals surface area contributed by atoms with Crippen LogP contribution in [0.15, 0.2) is 29.2 Å². The average molecular weight is 397 g/mol. The molecule has 1 aliphatic heterocycles. The zero-order valence-electron chi connectivity index (χ0n) is 16.1. The van der Waals surface area contributed by atoms with Crippen molar-refractivity contribution in [3.63, 3.8) is 0 Å². The Morgan fingerprint density at radius 1 is 1.37 bits per heavy atom. The van der Waals surface area contributed by atoms with Gasteiger partial charge in [0, 0.05) is 12.5 Å². The molecule has 150 valence electrons. The van der Waals surface area contributed by atoms with Gasteiger partial charge in [-0.3, -0.25) is 9.59 Å². The molecule has 1 aromatic rings. The number of carbonyl (C=O) groups excluding carboxylic acids is 2. The number of hydrogen-bond acceptors (Lipinski definition) is 6. The van der Waals surface area contributed by atoms with Crippen LogP contribution >= 0.6 is 0 Å². The number of carbonyl (C=O) groups is 2. The molecule has 27 heavy (non-hydrogen) atoms. The second-order valence-electron chi connectivity index (χ2n) is 7.11. The highest BCUT2D eigenvalue weighted by molar-refractivity contribution is 7.89. The summed E-state index contributed by atoms with van der Waals surface area (Å²) in [6.07, 6.45) is 1.58. The number of rotatable bonds is 7. The number of nitrogens with zero attached hydrogens (tertiary/aromatic N) is 1. The molecule has 1 atom stereocenters. The SMILES string of the molecule is COc1cccc(S(=O)(=O)N(C(=O)CCC(C)C)C2CCCNCC2=O)c1. The lowest BCUT2D eigenvalue weighted by molar-refractivity contribution is -0.133. The summed E-state index contributed by atoms with van der Waals surface area (Å²) in [6, 6.07) is 5.00. The minimum atomic E-state index is -4.17. The highest BCUT2D eigenvalue weighted by Gasteiger charge is 2.39. The van der Waals surface area contributed by atoms with Gasteiger partial charge in [0.1, 0.15) is 11.8 Å². The van der Waals surface area contributed by atoms with Gasteiger partial charge in [0.25, 0.3) is 10.0 Å². The Kier molecular flexibility index (Phi) is 7.38. The molecule has 2 rings (SSSR count). The maximum Gasteiger partial charge on any atom is 0.267 e. The topological polar surface area (TPSA) is 92.8 Å². The van der Waals surface area contributed by atoms with Crippen LogP contribution in [0.5, 0.6) is 5.75 Å². The quantitative estimate of drug-likeness (QED) is 0.757. The standard InChI is InChI=1S/C19H28N2O5S/c1-14(2)9-10-19(23)21(17-8-5-11-20-13-18(17)22)27(24,25)16-7-4-6-15(12-16)26-3/h4,6-7,12,14,17,20H,5,8-11,13H2,1-3H3. The van der Waals surface area contributed by atoms with E-state index in [-0.39, 0.29) is 29.6 Å². The normalized spacial score (nSPS) is 18.2. The molecule has 0 aromatic heterocycles. The smallest absolute Gasteiger partial charge is 0.267 e. The van der Waals surface area contributed by atoms with E-state index in [1.165, 1.54) is 19.2 Å². The first kappa shape index (κ1) is 21.4. The lowest BCUT2D eigenvalue weighted by Crippen LogP contribution is -2.49. The summed E-state index contributed by atoms with van der Waals surface area (Å²) in [6.45, 7) is 4.62. The van der Waals surface area contributed by atoms with Crippen molar-refractivity contribution in [3.8, 4) is 5.75 Å². The van der Waals surface area contributed by atoms with Crippen molar-refractivity contribution in [1.82, 2.24) is 9.62 Å². The third-order valence-corrected chi connectivity index (χ3v) is 6.39. The average Bonchev–Trinajstić information content (AvgIpc) is 2.85. The number of hydrogen-bond donors (Lipinski definition) is 1. The third kappa shape index (κ3) is 5.29. The number of ether oxygens (including phenoxy) is 1. The Hall–Kier alpha value is -1.93. The van der Waals surface area contributed by atoms with Gasteiger partial charge in [-0.05, 0) is 43.9 Å². The molecule has 1 unspecified atom stereocenters. The molecule has 1 aromatic carbocycles. The van der Waals surface area contributed by atoms with Crippen molar-refractivity contribution in [2.24, 2.45) is 5.92 Å². The Balaban J connectivity index is 2.46. The Morgan fingerprint density at radius 2 is 2.11 bits per heavy atom. The molecule has 1 aliphatic rings. The highest BCUT2D eigenvalue weighted by atomic mass is 32.2. The Bertz CT molecular complexity index is 776. The summed E-state index contributed by atoms with van der Waals surface area (Å²) in [4.78, 5) is 25.4. The van der Waals surface area contributed by atoms with E-state index >= 15 is 0 Å². The van der Waals surface area contributed by atoms with Crippen LogP contribution in [0.2, 0.25) is 0 Å². The molecule has 0 aliphatic carbocycles. The van der Waals surface area contributed by atoms with Crippen LogP contribution in [0, 0.1) is 5.92 Å². The lowest BCUT2D eigenvalue weighted by Gasteiger charge is -2.29. The summed E-state index contributed by atoms with van der Waals surface area (Å²) in [5, 5.41) is 2.98. The number of methoxy groups -OCH3 is 1. The Labute approximate surface area is 161 Å². The number of Topliss-reactive ketones (excluding diaryl/α,β-unsaturated/α-hetero) is 1. The van der Waals surface area contributed by atoms with Crippen LogP contribution in [-0.4, -0.2) is 50.7 Å². The van der Waals surface area contributed by atoms with Gasteiger partial charge in [-0.1, -0.05) is 19.9 Å². The van der Waals surface area contributed by atoms with Crippen molar-refractivity contribution >= 4 is 21.7 Å². The van der Waals surface area contributed by atoms with Gasteiger partial charge in [0.15, 0.2) is 5.78 Å². The summed E-state index contributed by atoms with van der Waals surface area (Å²) in [7, 11) is -2.73. The first-order chi connectivity index (χ1) is 12.8. The number of benzene rings is 1. The largest absolute Gasteiger partial charge is 0.497 e. The van der Waals surface area contributed by atoms with Gasteiger partial charge < -0.3 is 10.1 Å². The molecule has 1 fully saturated rings. The van der Waals surface area contributed by atoms with E-state index in [1.807, 2.05) is 13.8 Å². The summed E-state index contributed by atoms with van der Waals surface area (Å²) in [5.41, 5.74) is 0. The molecule has 0 bridgehead atoms. The van der Waals surface area contributed by atoms with E-state index in [4.69, 9.17) is 4.74 Å². The summed E-state index contributed by atoms with van der Waals surface area (Å²) >= 11 is 0. The van der Waals surface area contributed by atoms with E-state index in [0.29, 0.717) is 31.6 Å². The molecule has 0 spiro atoms. The molecular formula is C19H28N2O5S. The molecule has 0 radical (unpaired) electrons. The monoisotopic (exact) mass is 396 g/mol. The predicted octanol–water partition coefficient (Wildman–Crippen LogP) is 1.97. The first-order valence-electron chi connectivity index (χ1n) is 9.22. The molecule has 0 saturated carbocycles. The molecule has 1 saturated heterocycles. The maximum absolute atomic E-state index is 13.3. The molecule has 8 heteroatoms. The van der Waals surface area contributed by atoms with Crippen LogP contribution in [0.3, 0.4) is 0 Å². The number of sulfonamides is 1. The molecule has 7 nitrogen and oxygen atoms in total.